The van der Waals surface area contributed by atoms with Gasteiger partial charge in [-0.2, -0.15) is 0 Å². The number of ether oxygens (including phenoxy) is 2. The van der Waals surface area contributed by atoms with Crippen LogP contribution in [0.4, 0.5) is 14.5 Å². The van der Waals surface area contributed by atoms with Crippen molar-refractivity contribution in [2.24, 2.45) is 0 Å². The van der Waals surface area contributed by atoms with Crippen LogP contribution in [0.25, 0.3) is 0 Å². The van der Waals surface area contributed by atoms with Crippen molar-refractivity contribution in [2.75, 3.05) is 20.0 Å². The van der Waals surface area contributed by atoms with Crippen LogP contribution in [0.1, 0.15) is 0 Å². The second-order valence-corrected chi connectivity index (χ2v) is 5.58. The Bertz CT molecular complexity index is 614. The quantitative estimate of drug-likeness (QED) is 0.534. The molecule has 0 unspecified atom stereocenters. The second kappa shape index (κ2) is 8.41. The fraction of sp³-hybridized carbons (Fsp3) is 0.143. The topological polar surface area (TPSA) is 44.5 Å². The molecule has 0 heterocycles. The standard InChI is InChI=1S/C7H5BrClFO.C7H7ClFNO/c1-11-7-2-4(8)6(10)3-5(7)9;1-11-7-3-6(10)5(9)2-4(7)8/h2-3H,1H3;2-3H,10H2,1H3. The second-order valence-electron chi connectivity index (χ2n) is 3.91. The molecule has 0 aliphatic heterocycles. The molecule has 0 saturated heterocycles. The third-order valence-electron chi connectivity index (χ3n) is 2.47. The van der Waals surface area contributed by atoms with Gasteiger partial charge < -0.3 is 15.2 Å². The van der Waals surface area contributed by atoms with Gasteiger partial charge in [0, 0.05) is 6.07 Å². The van der Waals surface area contributed by atoms with Crippen molar-refractivity contribution in [2.45, 2.75) is 0 Å². The molecule has 0 radical (unpaired) electrons. The van der Waals surface area contributed by atoms with Gasteiger partial charge in [0.15, 0.2) is 0 Å². The Kier molecular flexibility index (Phi) is 7.19. The molecule has 0 bridgehead atoms. The van der Waals surface area contributed by atoms with Crippen molar-refractivity contribution >= 4 is 44.8 Å². The number of anilines is 1. The summed E-state index contributed by atoms with van der Waals surface area (Å²) in [7, 11) is 2.92. The molecule has 0 fully saturated rings. The molecule has 2 aromatic rings. The number of methoxy groups -OCH3 is 2. The molecule has 120 valence electrons. The molecule has 0 saturated carbocycles. The molecule has 0 amide bonds. The van der Waals surface area contributed by atoms with Crippen LogP contribution in [0.15, 0.2) is 28.7 Å². The van der Waals surface area contributed by atoms with Gasteiger partial charge in [-0.15, -0.1) is 0 Å². The first kappa shape index (κ1) is 18.8. The minimum Gasteiger partial charge on any atom is -0.495 e. The first-order valence-corrected chi connectivity index (χ1v) is 7.32. The smallest absolute Gasteiger partial charge is 0.147 e. The Morgan fingerprint density at radius 2 is 1.36 bits per heavy atom. The number of hydrogen-bond acceptors (Lipinski definition) is 3. The van der Waals surface area contributed by atoms with E-state index in [1.54, 1.807) is 0 Å². The Hall–Kier alpha value is -1.24. The summed E-state index contributed by atoms with van der Waals surface area (Å²) in [5.41, 5.74) is 5.29. The summed E-state index contributed by atoms with van der Waals surface area (Å²) in [6.07, 6.45) is 0. The van der Waals surface area contributed by atoms with Crippen LogP contribution in [0.5, 0.6) is 11.5 Å². The Labute approximate surface area is 145 Å². The van der Waals surface area contributed by atoms with Crippen molar-refractivity contribution < 1.29 is 18.3 Å². The van der Waals surface area contributed by atoms with Crippen LogP contribution in [0, 0.1) is 11.6 Å². The van der Waals surface area contributed by atoms with E-state index in [1.807, 2.05) is 0 Å². The predicted octanol–water partition coefficient (Wildman–Crippen LogP) is 5.32. The molecule has 3 nitrogen and oxygen atoms in total. The van der Waals surface area contributed by atoms with Crippen LogP contribution in [0.3, 0.4) is 0 Å². The van der Waals surface area contributed by atoms with Crippen molar-refractivity contribution in [1.29, 1.82) is 0 Å². The fourth-order valence-electron chi connectivity index (χ4n) is 1.36. The van der Waals surface area contributed by atoms with Gasteiger partial charge in [-0.25, -0.2) is 8.78 Å². The Morgan fingerprint density at radius 3 is 1.86 bits per heavy atom. The molecule has 22 heavy (non-hydrogen) atoms. The summed E-state index contributed by atoms with van der Waals surface area (Å²) in [5.74, 6) is -0.0860. The van der Waals surface area contributed by atoms with Crippen LogP contribution in [0.2, 0.25) is 10.0 Å². The zero-order valence-electron chi connectivity index (χ0n) is 11.6. The monoisotopic (exact) mass is 413 g/mol. The zero-order chi connectivity index (χ0) is 16.9. The van der Waals surface area contributed by atoms with E-state index in [-0.39, 0.29) is 15.7 Å². The molecule has 0 atom stereocenters. The van der Waals surface area contributed by atoms with E-state index in [0.29, 0.717) is 16.0 Å². The normalized spacial score (nSPS) is 9.77. The molecular formula is C14H12BrCl2F2NO2. The first-order valence-electron chi connectivity index (χ1n) is 5.77. The van der Waals surface area contributed by atoms with E-state index in [9.17, 15) is 8.78 Å². The number of halogens is 5. The highest BCUT2D eigenvalue weighted by atomic mass is 79.9. The number of nitrogen functional groups attached to an aromatic ring is 1. The maximum Gasteiger partial charge on any atom is 0.147 e. The highest BCUT2D eigenvalue weighted by Gasteiger charge is 2.06. The molecule has 0 aliphatic carbocycles. The maximum absolute atomic E-state index is 12.7. The minimum atomic E-state index is -0.532. The van der Waals surface area contributed by atoms with E-state index < -0.39 is 11.6 Å². The predicted molar refractivity (Wildman–Crippen MR) is 88.0 cm³/mol. The van der Waals surface area contributed by atoms with E-state index in [2.05, 4.69) is 15.9 Å². The Morgan fingerprint density at radius 1 is 0.909 bits per heavy atom. The lowest BCUT2D eigenvalue weighted by Crippen LogP contribution is -1.92. The van der Waals surface area contributed by atoms with Crippen molar-refractivity contribution in [1.82, 2.24) is 0 Å². The minimum absolute atomic E-state index is 0.0336. The van der Waals surface area contributed by atoms with Gasteiger partial charge in [0.2, 0.25) is 0 Å². The number of rotatable bonds is 2. The highest BCUT2D eigenvalue weighted by Crippen LogP contribution is 2.30. The third-order valence-corrected chi connectivity index (χ3v) is 3.66. The molecule has 8 heteroatoms. The largest absolute Gasteiger partial charge is 0.495 e. The summed E-state index contributed by atoms with van der Waals surface area (Å²) < 4.78 is 35.3. The maximum atomic E-state index is 12.7. The number of nitrogens with two attached hydrogens (primary N) is 1. The summed E-state index contributed by atoms with van der Waals surface area (Å²) in [6, 6.07) is 5.15. The average Bonchev–Trinajstić information content (AvgIpc) is 2.47. The molecule has 0 aromatic heterocycles. The number of hydrogen-bond donors (Lipinski definition) is 1. The van der Waals surface area contributed by atoms with Gasteiger partial charge >= 0.3 is 0 Å². The summed E-state index contributed by atoms with van der Waals surface area (Å²) in [6.45, 7) is 0. The van der Waals surface area contributed by atoms with Gasteiger partial charge in [0.1, 0.15) is 23.1 Å². The summed E-state index contributed by atoms with van der Waals surface area (Å²) in [4.78, 5) is 0. The van der Waals surface area contributed by atoms with Crippen molar-refractivity contribution in [3.05, 3.63) is 50.4 Å². The van der Waals surface area contributed by atoms with E-state index in [0.717, 1.165) is 6.07 Å². The average molecular weight is 415 g/mol. The van der Waals surface area contributed by atoms with Gasteiger partial charge in [0.05, 0.1) is 34.4 Å². The van der Waals surface area contributed by atoms with Crippen LogP contribution >= 0.6 is 39.1 Å². The van der Waals surface area contributed by atoms with Gasteiger partial charge in [-0.05, 0) is 34.1 Å². The molecule has 0 aliphatic rings. The lowest BCUT2D eigenvalue weighted by Gasteiger charge is -2.03. The van der Waals surface area contributed by atoms with Crippen LogP contribution in [-0.4, -0.2) is 14.2 Å². The van der Waals surface area contributed by atoms with Crippen molar-refractivity contribution in [3.63, 3.8) is 0 Å². The van der Waals surface area contributed by atoms with Crippen LogP contribution in [-0.2, 0) is 0 Å². The number of benzene rings is 2. The van der Waals surface area contributed by atoms with E-state index in [4.69, 9.17) is 38.4 Å². The Balaban J connectivity index is 0.000000220. The van der Waals surface area contributed by atoms with Gasteiger partial charge in [0.25, 0.3) is 0 Å². The van der Waals surface area contributed by atoms with Crippen molar-refractivity contribution in [3.8, 4) is 11.5 Å². The molecular weight excluding hydrogens is 403 g/mol. The molecule has 2 N–H and O–H groups in total. The fourth-order valence-corrected chi connectivity index (χ4v) is 2.14. The molecule has 0 spiro atoms. The first-order chi connectivity index (χ1) is 10.3. The third kappa shape index (κ3) is 4.90. The zero-order valence-corrected chi connectivity index (χ0v) is 14.7. The van der Waals surface area contributed by atoms with E-state index in [1.165, 1.54) is 32.4 Å². The molecule has 2 rings (SSSR count). The lowest BCUT2D eigenvalue weighted by atomic mass is 10.3. The molecule has 2 aromatic carbocycles. The summed E-state index contributed by atoms with van der Waals surface area (Å²) in [5, 5.41) is 0.493. The highest BCUT2D eigenvalue weighted by molar-refractivity contribution is 9.10. The van der Waals surface area contributed by atoms with Gasteiger partial charge in [-0.3, -0.25) is 0 Å². The summed E-state index contributed by atoms with van der Waals surface area (Å²) >= 11 is 14.2. The lowest BCUT2D eigenvalue weighted by molar-refractivity contribution is 0.413. The van der Waals surface area contributed by atoms with Crippen LogP contribution < -0.4 is 15.2 Å². The van der Waals surface area contributed by atoms with Gasteiger partial charge in [-0.1, -0.05) is 23.2 Å². The van der Waals surface area contributed by atoms with E-state index >= 15 is 0 Å². The SMILES string of the molecule is COc1cc(Br)c(F)cc1Cl.COc1cc(N)c(F)cc1Cl.